The molecule has 0 unspecified atom stereocenters. The number of carbonyl (C=O) groups excluding carboxylic acids is 1. The van der Waals surface area contributed by atoms with E-state index < -0.39 is 10.0 Å². The zero-order valence-corrected chi connectivity index (χ0v) is 14.7. The maximum absolute atomic E-state index is 12.7. The highest BCUT2D eigenvalue weighted by atomic mass is 32.2. The van der Waals surface area contributed by atoms with Crippen molar-refractivity contribution in [3.8, 4) is 0 Å². The Morgan fingerprint density at radius 2 is 1.96 bits per heavy atom. The molecule has 1 amide bonds. The number of sulfonamides is 1. The largest absolute Gasteiger partial charge is 0.308 e. The van der Waals surface area contributed by atoms with Gasteiger partial charge in [-0.05, 0) is 43.2 Å². The standard InChI is InChI=1S/C17H19N3O3S/c1-12-4-5-14(11-18-12)17(21)20-9-8-13-6-7-15(10-16(13)20)24(22,23)19(2)3/h4-7,10-11H,8-9H2,1-3H3. The van der Waals surface area contributed by atoms with Gasteiger partial charge in [0.25, 0.3) is 5.91 Å². The third-order valence-electron chi connectivity index (χ3n) is 4.13. The quantitative estimate of drug-likeness (QED) is 0.851. The third-order valence-corrected chi connectivity index (χ3v) is 5.95. The van der Waals surface area contributed by atoms with Crippen LogP contribution in [0.25, 0.3) is 0 Å². The fraction of sp³-hybridized carbons (Fsp3) is 0.294. The molecule has 1 aliphatic heterocycles. The van der Waals surface area contributed by atoms with Crippen molar-refractivity contribution in [2.75, 3.05) is 25.5 Å². The normalized spacial score (nSPS) is 14.1. The molecule has 1 aromatic carbocycles. The fourth-order valence-electron chi connectivity index (χ4n) is 2.69. The Labute approximate surface area is 141 Å². The molecule has 6 nitrogen and oxygen atoms in total. The van der Waals surface area contributed by atoms with Crippen LogP contribution in [0.1, 0.15) is 21.6 Å². The summed E-state index contributed by atoms with van der Waals surface area (Å²) in [5.41, 5.74) is 2.96. The summed E-state index contributed by atoms with van der Waals surface area (Å²) >= 11 is 0. The van der Waals surface area contributed by atoms with Crippen LogP contribution < -0.4 is 4.90 Å². The first-order valence-electron chi connectivity index (χ1n) is 7.60. The number of benzene rings is 1. The predicted octanol–water partition coefficient (Wildman–Crippen LogP) is 1.84. The Bertz CT molecular complexity index is 890. The van der Waals surface area contributed by atoms with Crippen LogP contribution in [0.15, 0.2) is 41.4 Å². The van der Waals surface area contributed by atoms with Gasteiger partial charge >= 0.3 is 0 Å². The number of hydrogen-bond donors (Lipinski definition) is 0. The van der Waals surface area contributed by atoms with E-state index in [1.165, 1.54) is 18.4 Å². The minimum Gasteiger partial charge on any atom is -0.308 e. The Kier molecular flexibility index (Phi) is 4.15. The Morgan fingerprint density at radius 1 is 1.21 bits per heavy atom. The van der Waals surface area contributed by atoms with E-state index in [4.69, 9.17) is 0 Å². The summed E-state index contributed by atoms with van der Waals surface area (Å²) in [5, 5.41) is 0. The van der Waals surface area contributed by atoms with Gasteiger partial charge in [-0.15, -0.1) is 0 Å². The monoisotopic (exact) mass is 345 g/mol. The first-order chi connectivity index (χ1) is 11.3. The van der Waals surface area contributed by atoms with Gasteiger partial charge in [0.05, 0.1) is 10.5 Å². The predicted molar refractivity (Wildman–Crippen MR) is 91.7 cm³/mol. The van der Waals surface area contributed by atoms with E-state index in [1.54, 1.807) is 41.4 Å². The van der Waals surface area contributed by atoms with E-state index in [0.717, 1.165) is 11.3 Å². The third kappa shape index (κ3) is 2.81. The van der Waals surface area contributed by atoms with Crippen molar-refractivity contribution >= 4 is 21.6 Å². The van der Waals surface area contributed by atoms with Crippen molar-refractivity contribution in [1.29, 1.82) is 0 Å². The van der Waals surface area contributed by atoms with E-state index in [2.05, 4.69) is 4.98 Å². The van der Waals surface area contributed by atoms with Crippen molar-refractivity contribution in [1.82, 2.24) is 9.29 Å². The number of aryl methyl sites for hydroxylation is 1. The van der Waals surface area contributed by atoms with Crippen LogP contribution in [-0.2, 0) is 16.4 Å². The molecule has 0 aliphatic carbocycles. The summed E-state index contributed by atoms with van der Waals surface area (Å²) < 4.78 is 25.8. The molecule has 0 atom stereocenters. The number of fused-ring (bicyclic) bond motifs is 1. The molecule has 0 spiro atoms. The van der Waals surface area contributed by atoms with Gasteiger partial charge in [-0.2, -0.15) is 0 Å². The molecule has 3 rings (SSSR count). The number of carbonyl (C=O) groups is 1. The van der Waals surface area contributed by atoms with Crippen molar-refractivity contribution in [3.05, 3.63) is 53.3 Å². The lowest BCUT2D eigenvalue weighted by molar-refractivity contribution is 0.0989. The second kappa shape index (κ2) is 5.99. The van der Waals surface area contributed by atoms with Gasteiger partial charge in [-0.1, -0.05) is 6.07 Å². The number of rotatable bonds is 3. The molecular formula is C17H19N3O3S. The maximum Gasteiger partial charge on any atom is 0.259 e. The minimum atomic E-state index is -3.53. The van der Waals surface area contributed by atoms with Crippen LogP contribution in [0.3, 0.4) is 0 Å². The molecule has 0 N–H and O–H groups in total. The van der Waals surface area contributed by atoms with Gasteiger partial charge < -0.3 is 4.90 Å². The van der Waals surface area contributed by atoms with Crippen molar-refractivity contribution in [2.24, 2.45) is 0 Å². The highest BCUT2D eigenvalue weighted by Gasteiger charge is 2.28. The molecule has 0 fully saturated rings. The van der Waals surface area contributed by atoms with E-state index >= 15 is 0 Å². The van der Waals surface area contributed by atoms with Crippen molar-refractivity contribution < 1.29 is 13.2 Å². The second-order valence-electron chi connectivity index (χ2n) is 5.97. The van der Waals surface area contributed by atoms with Crippen LogP contribution in [-0.4, -0.2) is 44.3 Å². The number of anilines is 1. The molecule has 0 radical (unpaired) electrons. The van der Waals surface area contributed by atoms with E-state index in [0.29, 0.717) is 24.2 Å². The van der Waals surface area contributed by atoms with Gasteiger partial charge in [-0.25, -0.2) is 12.7 Å². The molecule has 2 aromatic rings. The minimum absolute atomic E-state index is 0.166. The molecule has 0 saturated heterocycles. The van der Waals surface area contributed by atoms with Crippen LogP contribution >= 0.6 is 0 Å². The lowest BCUT2D eigenvalue weighted by atomic mass is 10.1. The van der Waals surface area contributed by atoms with Crippen molar-refractivity contribution in [3.63, 3.8) is 0 Å². The number of amides is 1. The number of nitrogens with zero attached hydrogens (tertiary/aromatic N) is 3. The van der Waals surface area contributed by atoms with Crippen LogP contribution in [0.5, 0.6) is 0 Å². The molecule has 1 aliphatic rings. The van der Waals surface area contributed by atoms with Gasteiger partial charge in [0.15, 0.2) is 0 Å². The summed E-state index contributed by atoms with van der Waals surface area (Å²) in [5.74, 6) is -0.166. The molecule has 1 aromatic heterocycles. The van der Waals surface area contributed by atoms with Gasteiger partial charge in [0.2, 0.25) is 10.0 Å². The average molecular weight is 345 g/mol. The van der Waals surface area contributed by atoms with Crippen LogP contribution in [0.4, 0.5) is 5.69 Å². The smallest absolute Gasteiger partial charge is 0.259 e. The van der Waals surface area contributed by atoms with Gasteiger partial charge in [0, 0.05) is 38.2 Å². The number of pyridine rings is 1. The summed E-state index contributed by atoms with van der Waals surface area (Å²) in [4.78, 5) is 18.7. The molecule has 0 bridgehead atoms. The Hall–Kier alpha value is -2.25. The van der Waals surface area contributed by atoms with Crippen LogP contribution in [0.2, 0.25) is 0 Å². The highest BCUT2D eigenvalue weighted by Crippen LogP contribution is 2.32. The summed E-state index contributed by atoms with van der Waals surface area (Å²) in [6, 6.07) is 8.49. The molecule has 7 heteroatoms. The lowest BCUT2D eigenvalue weighted by Gasteiger charge is -2.19. The summed E-state index contributed by atoms with van der Waals surface area (Å²) in [6.07, 6.45) is 2.26. The topological polar surface area (TPSA) is 70.6 Å². The number of aromatic nitrogens is 1. The molecule has 126 valence electrons. The van der Waals surface area contributed by atoms with Crippen LogP contribution in [0, 0.1) is 6.92 Å². The highest BCUT2D eigenvalue weighted by molar-refractivity contribution is 7.89. The second-order valence-corrected chi connectivity index (χ2v) is 8.12. The molecular weight excluding hydrogens is 326 g/mol. The summed E-state index contributed by atoms with van der Waals surface area (Å²) in [6.45, 7) is 2.39. The number of hydrogen-bond acceptors (Lipinski definition) is 4. The Morgan fingerprint density at radius 3 is 2.58 bits per heavy atom. The lowest BCUT2D eigenvalue weighted by Crippen LogP contribution is -2.29. The zero-order chi connectivity index (χ0) is 17.5. The van der Waals surface area contributed by atoms with Gasteiger partial charge in [0.1, 0.15) is 0 Å². The van der Waals surface area contributed by atoms with Crippen molar-refractivity contribution in [2.45, 2.75) is 18.2 Å². The maximum atomic E-state index is 12.7. The summed E-state index contributed by atoms with van der Waals surface area (Å²) in [7, 11) is -0.556. The van der Waals surface area contributed by atoms with E-state index in [9.17, 15) is 13.2 Å². The first kappa shape index (κ1) is 16.6. The Balaban J connectivity index is 1.99. The zero-order valence-electron chi connectivity index (χ0n) is 13.9. The first-order valence-corrected chi connectivity index (χ1v) is 9.04. The van der Waals surface area contributed by atoms with Gasteiger partial charge in [-0.3, -0.25) is 9.78 Å². The molecule has 24 heavy (non-hydrogen) atoms. The SMILES string of the molecule is Cc1ccc(C(=O)N2CCc3ccc(S(=O)(=O)N(C)C)cc32)cn1. The fourth-order valence-corrected chi connectivity index (χ4v) is 3.61. The molecule has 2 heterocycles. The van der Waals surface area contributed by atoms with E-state index in [1.807, 2.05) is 6.92 Å². The molecule has 0 saturated carbocycles. The van der Waals surface area contributed by atoms with E-state index in [-0.39, 0.29) is 10.8 Å². The average Bonchev–Trinajstić information content (AvgIpc) is 2.97.